The third-order valence-electron chi connectivity index (χ3n) is 5.35. The van der Waals surface area contributed by atoms with E-state index >= 15 is 0 Å². The summed E-state index contributed by atoms with van der Waals surface area (Å²) in [6.45, 7) is 1.12. The van der Waals surface area contributed by atoms with Gasteiger partial charge in [-0.1, -0.05) is 0 Å². The monoisotopic (exact) mass is 468 g/mol. The topological polar surface area (TPSA) is 84.7 Å². The normalized spacial score (nSPS) is 15.9. The maximum atomic E-state index is 14.0. The van der Waals surface area contributed by atoms with Crippen molar-refractivity contribution in [3.05, 3.63) is 59.5 Å². The number of fused-ring (bicyclic) bond motifs is 1. The summed E-state index contributed by atoms with van der Waals surface area (Å²) in [7, 11) is -3.01. The van der Waals surface area contributed by atoms with Gasteiger partial charge in [0.15, 0.2) is 17.5 Å². The zero-order chi connectivity index (χ0) is 23.0. The van der Waals surface area contributed by atoms with Crippen LogP contribution in [0.1, 0.15) is 10.4 Å². The Bertz CT molecular complexity index is 1290. The molecular weight excluding hydrogens is 449 g/mol. The number of ether oxygens (including phenoxy) is 1. The van der Waals surface area contributed by atoms with Crippen molar-refractivity contribution in [3.8, 4) is 0 Å². The molecule has 1 aliphatic heterocycles. The number of nitrogens with zero attached hydrogens (tertiary/aromatic N) is 4. The lowest BCUT2D eigenvalue weighted by Gasteiger charge is -2.33. The highest BCUT2D eigenvalue weighted by Gasteiger charge is 2.32. The first-order valence-corrected chi connectivity index (χ1v) is 11.1. The molecule has 2 heterocycles. The van der Waals surface area contributed by atoms with Crippen LogP contribution in [-0.4, -0.2) is 66.7 Å². The first-order valence-electron chi connectivity index (χ1n) is 9.62. The van der Waals surface area contributed by atoms with Gasteiger partial charge in [-0.2, -0.15) is 9.40 Å². The van der Waals surface area contributed by atoms with E-state index in [1.807, 2.05) is 4.90 Å². The maximum Gasteiger partial charge on any atom is 0.337 e. The fourth-order valence-electron chi connectivity index (χ4n) is 3.59. The lowest BCUT2D eigenvalue weighted by Crippen LogP contribution is -2.49. The van der Waals surface area contributed by atoms with E-state index in [-0.39, 0.29) is 13.1 Å². The summed E-state index contributed by atoms with van der Waals surface area (Å²) in [5.41, 5.74) is 1.19. The molecule has 0 amide bonds. The van der Waals surface area contributed by atoms with Crippen LogP contribution in [0.5, 0.6) is 0 Å². The smallest absolute Gasteiger partial charge is 0.337 e. The average molecular weight is 468 g/mol. The zero-order valence-electron chi connectivity index (χ0n) is 17.0. The molecule has 170 valence electrons. The maximum absolute atomic E-state index is 14.0. The van der Waals surface area contributed by atoms with Crippen molar-refractivity contribution >= 4 is 26.9 Å². The molecule has 1 saturated heterocycles. The fraction of sp³-hybridized carbons (Fsp3) is 0.300. The molecule has 2 aromatic carbocycles. The van der Waals surface area contributed by atoms with Crippen LogP contribution in [0.3, 0.4) is 0 Å². The molecule has 4 rings (SSSR count). The van der Waals surface area contributed by atoms with Crippen LogP contribution in [0.4, 0.5) is 13.2 Å². The number of halogens is 3. The Morgan fingerprint density at radius 1 is 1.06 bits per heavy atom. The van der Waals surface area contributed by atoms with E-state index in [0.717, 1.165) is 21.3 Å². The molecule has 8 nitrogen and oxygen atoms in total. The number of rotatable bonds is 5. The number of benzene rings is 2. The van der Waals surface area contributed by atoms with Crippen molar-refractivity contribution in [1.82, 2.24) is 19.0 Å². The van der Waals surface area contributed by atoms with E-state index in [0.29, 0.717) is 31.4 Å². The number of hydrogen-bond acceptors (Lipinski definition) is 6. The van der Waals surface area contributed by atoms with Crippen LogP contribution >= 0.6 is 0 Å². The van der Waals surface area contributed by atoms with Gasteiger partial charge in [-0.3, -0.25) is 9.58 Å². The molecule has 0 spiro atoms. The molecule has 1 aromatic heterocycles. The van der Waals surface area contributed by atoms with Crippen molar-refractivity contribution in [2.24, 2.45) is 0 Å². The van der Waals surface area contributed by atoms with Crippen LogP contribution in [0.2, 0.25) is 0 Å². The van der Waals surface area contributed by atoms with Crippen LogP contribution in [0.25, 0.3) is 10.9 Å². The minimum absolute atomic E-state index is 0.0481. The summed E-state index contributed by atoms with van der Waals surface area (Å²) in [4.78, 5) is 12.7. The van der Waals surface area contributed by atoms with Crippen molar-refractivity contribution in [2.45, 2.75) is 11.6 Å². The second-order valence-corrected chi connectivity index (χ2v) is 9.15. The number of esters is 1. The first kappa shape index (κ1) is 22.2. The van der Waals surface area contributed by atoms with Crippen molar-refractivity contribution in [2.75, 3.05) is 33.3 Å². The predicted octanol–water partition coefficient (Wildman–Crippen LogP) is 2.20. The van der Waals surface area contributed by atoms with Gasteiger partial charge in [0.1, 0.15) is 4.90 Å². The molecule has 3 aromatic rings. The largest absolute Gasteiger partial charge is 0.465 e. The summed E-state index contributed by atoms with van der Waals surface area (Å²) >= 11 is 0. The molecule has 0 atom stereocenters. The number of sulfonamides is 1. The van der Waals surface area contributed by atoms with Gasteiger partial charge in [0, 0.05) is 31.6 Å². The van der Waals surface area contributed by atoms with Crippen LogP contribution in [-0.2, 0) is 21.4 Å². The summed E-state index contributed by atoms with van der Waals surface area (Å²) in [5.74, 6) is -5.43. The predicted molar refractivity (Wildman–Crippen MR) is 108 cm³/mol. The molecule has 1 fully saturated rings. The Morgan fingerprint density at radius 3 is 2.47 bits per heavy atom. The Kier molecular flexibility index (Phi) is 5.93. The number of carbonyl (C=O) groups excluding carboxylic acids is 1. The Hall–Kier alpha value is -2.96. The Morgan fingerprint density at radius 2 is 1.78 bits per heavy atom. The average Bonchev–Trinajstić information content (AvgIpc) is 3.19. The van der Waals surface area contributed by atoms with Crippen LogP contribution in [0.15, 0.2) is 41.4 Å². The third kappa shape index (κ3) is 3.96. The number of hydrogen-bond donors (Lipinski definition) is 0. The van der Waals surface area contributed by atoms with Gasteiger partial charge in [0.2, 0.25) is 10.0 Å². The van der Waals surface area contributed by atoms with Crippen LogP contribution < -0.4 is 0 Å². The van der Waals surface area contributed by atoms with E-state index in [9.17, 15) is 26.4 Å². The van der Waals surface area contributed by atoms with Crippen molar-refractivity contribution < 1.29 is 31.1 Å². The van der Waals surface area contributed by atoms with E-state index in [2.05, 4.69) is 5.10 Å². The zero-order valence-corrected chi connectivity index (χ0v) is 17.8. The van der Waals surface area contributed by atoms with Gasteiger partial charge in [0.25, 0.3) is 0 Å². The Balaban J connectivity index is 1.45. The fourth-order valence-corrected chi connectivity index (χ4v) is 5.07. The SMILES string of the molecule is COC(=O)c1ccc2c(cnn2CN2CCN(S(=O)(=O)c3ccc(F)c(F)c3F)CC2)c1. The van der Waals surface area contributed by atoms with Gasteiger partial charge in [-0.25, -0.2) is 26.4 Å². The lowest BCUT2D eigenvalue weighted by molar-refractivity contribution is 0.0601. The first-order chi connectivity index (χ1) is 15.2. The molecular formula is C20H19F3N4O4S. The summed E-state index contributed by atoms with van der Waals surface area (Å²) < 4.78 is 73.6. The van der Waals surface area contributed by atoms with E-state index < -0.39 is 38.3 Å². The summed E-state index contributed by atoms with van der Waals surface area (Å²) in [6.07, 6.45) is 1.62. The van der Waals surface area contributed by atoms with Gasteiger partial charge < -0.3 is 4.74 Å². The second-order valence-electron chi connectivity index (χ2n) is 7.25. The van der Waals surface area contributed by atoms with E-state index in [1.165, 1.54) is 7.11 Å². The number of piperazine rings is 1. The van der Waals surface area contributed by atoms with Gasteiger partial charge >= 0.3 is 5.97 Å². The molecule has 0 radical (unpaired) electrons. The number of aromatic nitrogens is 2. The second kappa shape index (κ2) is 8.52. The lowest BCUT2D eigenvalue weighted by atomic mass is 10.1. The van der Waals surface area contributed by atoms with E-state index in [4.69, 9.17) is 4.74 Å². The van der Waals surface area contributed by atoms with Gasteiger partial charge in [0.05, 0.1) is 31.1 Å². The van der Waals surface area contributed by atoms with Crippen molar-refractivity contribution in [3.63, 3.8) is 0 Å². The molecule has 32 heavy (non-hydrogen) atoms. The highest BCUT2D eigenvalue weighted by molar-refractivity contribution is 7.89. The highest BCUT2D eigenvalue weighted by atomic mass is 32.2. The van der Waals surface area contributed by atoms with Crippen molar-refractivity contribution in [1.29, 1.82) is 0 Å². The quantitative estimate of drug-likeness (QED) is 0.422. The van der Waals surface area contributed by atoms with Gasteiger partial charge in [-0.05, 0) is 30.3 Å². The molecule has 12 heteroatoms. The minimum atomic E-state index is -4.31. The standard InChI is InChI=1S/C20H19F3N4O4S/c1-31-20(28)13-2-4-16-14(10-13)11-24-27(16)12-25-6-8-26(9-7-25)32(29,30)17-5-3-15(21)18(22)19(17)23/h2-5,10-11H,6-9,12H2,1H3. The number of methoxy groups -OCH3 is 1. The molecule has 0 N–H and O–H groups in total. The molecule has 0 aliphatic carbocycles. The molecule has 0 unspecified atom stereocenters. The minimum Gasteiger partial charge on any atom is -0.465 e. The Labute approximate surface area is 181 Å². The number of carbonyl (C=O) groups is 1. The van der Waals surface area contributed by atoms with Gasteiger partial charge in [-0.15, -0.1) is 0 Å². The molecule has 0 bridgehead atoms. The summed E-state index contributed by atoms with van der Waals surface area (Å²) in [5, 5.41) is 5.08. The molecule has 1 aliphatic rings. The summed E-state index contributed by atoms with van der Waals surface area (Å²) in [6, 6.07) is 6.38. The molecule has 0 saturated carbocycles. The van der Waals surface area contributed by atoms with E-state index in [1.54, 1.807) is 29.1 Å². The third-order valence-corrected chi connectivity index (χ3v) is 7.26. The highest BCUT2D eigenvalue weighted by Crippen LogP contribution is 2.24. The van der Waals surface area contributed by atoms with Crippen LogP contribution in [0, 0.1) is 17.5 Å².